The third-order valence-corrected chi connectivity index (χ3v) is 6.25. The van der Waals surface area contributed by atoms with Gasteiger partial charge in [-0.15, -0.1) is 0 Å². The van der Waals surface area contributed by atoms with E-state index in [2.05, 4.69) is 5.32 Å². The van der Waals surface area contributed by atoms with Crippen LogP contribution in [0, 0.1) is 5.41 Å². The van der Waals surface area contributed by atoms with E-state index < -0.39 is 0 Å². The van der Waals surface area contributed by atoms with Gasteiger partial charge in [0.25, 0.3) is 5.91 Å². The molecule has 1 aromatic carbocycles. The first-order valence-electron chi connectivity index (χ1n) is 9.51. The quantitative estimate of drug-likeness (QED) is 0.880. The van der Waals surface area contributed by atoms with Crippen LogP contribution in [0.5, 0.6) is 5.75 Å². The molecule has 1 aromatic rings. The molecule has 0 aromatic heterocycles. The van der Waals surface area contributed by atoms with Crippen molar-refractivity contribution in [1.29, 1.82) is 0 Å². The summed E-state index contributed by atoms with van der Waals surface area (Å²) in [4.78, 5) is 12.7. The molecule has 1 saturated heterocycles. The first kappa shape index (κ1) is 16.9. The van der Waals surface area contributed by atoms with E-state index in [0.29, 0.717) is 25.2 Å². The van der Waals surface area contributed by atoms with Crippen molar-refractivity contribution in [3.05, 3.63) is 29.8 Å². The number of ether oxygens (including phenoxy) is 2. The minimum atomic E-state index is -0.335. The molecular formula is C20H27NO4. The van der Waals surface area contributed by atoms with Crippen LogP contribution in [0.2, 0.25) is 0 Å². The van der Waals surface area contributed by atoms with E-state index in [1.165, 1.54) is 12.8 Å². The molecule has 2 N–H and O–H groups in total. The van der Waals surface area contributed by atoms with Crippen molar-refractivity contribution in [3.63, 3.8) is 0 Å². The Bertz CT molecular complexity index is 620. The summed E-state index contributed by atoms with van der Waals surface area (Å²) in [7, 11) is 0. The van der Waals surface area contributed by atoms with Gasteiger partial charge in [-0.3, -0.25) is 4.79 Å². The van der Waals surface area contributed by atoms with Gasteiger partial charge in [-0.05, 0) is 63.1 Å². The van der Waals surface area contributed by atoms with Gasteiger partial charge in [-0.2, -0.15) is 0 Å². The molecule has 3 aliphatic rings. The fourth-order valence-electron chi connectivity index (χ4n) is 4.55. The number of benzene rings is 1. The standard InChI is InChI=1S/C20H27NO4/c22-18-13-17(20(18)8-10-24-11-9-20)21-19(23)14-4-3-7-16(12-14)25-15-5-1-2-6-15/h3-4,7,12,15,17-18,22H,1-2,5-6,8-11,13H2,(H,21,23)/t17-,18-/m1/s1. The molecule has 2 atom stereocenters. The van der Waals surface area contributed by atoms with Gasteiger partial charge in [-0.1, -0.05) is 6.07 Å². The molecule has 0 radical (unpaired) electrons. The molecule has 25 heavy (non-hydrogen) atoms. The fourth-order valence-corrected chi connectivity index (χ4v) is 4.55. The van der Waals surface area contributed by atoms with Crippen molar-refractivity contribution in [2.24, 2.45) is 5.41 Å². The molecule has 2 aliphatic carbocycles. The SMILES string of the molecule is O=C(N[C@@H]1C[C@@H](O)C12CCOCC2)c1cccc(OC2CCCC2)c1. The van der Waals surface area contributed by atoms with E-state index in [1.807, 2.05) is 24.3 Å². The molecule has 2 saturated carbocycles. The fraction of sp³-hybridized carbons (Fsp3) is 0.650. The lowest BCUT2D eigenvalue weighted by Crippen LogP contribution is -2.65. The van der Waals surface area contributed by atoms with Crippen LogP contribution in [0.1, 0.15) is 55.3 Å². The Kier molecular flexibility index (Phi) is 4.69. The Morgan fingerprint density at radius 1 is 1.24 bits per heavy atom. The minimum absolute atomic E-state index is 0.0262. The predicted octanol–water partition coefficient (Wildman–Crippen LogP) is 2.67. The summed E-state index contributed by atoms with van der Waals surface area (Å²) in [6.45, 7) is 1.32. The van der Waals surface area contributed by atoms with Crippen LogP contribution in [0.4, 0.5) is 0 Å². The highest BCUT2D eigenvalue weighted by Gasteiger charge is 2.55. The Morgan fingerprint density at radius 2 is 2.00 bits per heavy atom. The molecule has 1 spiro atoms. The second-order valence-electron chi connectivity index (χ2n) is 7.68. The van der Waals surface area contributed by atoms with E-state index in [9.17, 15) is 9.90 Å². The lowest BCUT2D eigenvalue weighted by molar-refractivity contribution is -0.145. The van der Waals surface area contributed by atoms with Crippen LogP contribution in [-0.4, -0.2) is 42.5 Å². The van der Waals surface area contributed by atoms with Gasteiger partial charge in [0.2, 0.25) is 0 Å². The summed E-state index contributed by atoms with van der Waals surface area (Å²) in [5.74, 6) is 0.689. The molecule has 136 valence electrons. The number of carbonyl (C=O) groups excluding carboxylic acids is 1. The lowest BCUT2D eigenvalue weighted by atomic mass is 9.58. The van der Waals surface area contributed by atoms with Gasteiger partial charge in [0.05, 0.1) is 12.2 Å². The Labute approximate surface area is 148 Å². The molecule has 0 unspecified atom stereocenters. The summed E-state index contributed by atoms with van der Waals surface area (Å²) in [5.41, 5.74) is 0.422. The smallest absolute Gasteiger partial charge is 0.251 e. The van der Waals surface area contributed by atoms with Crippen molar-refractivity contribution in [3.8, 4) is 5.75 Å². The summed E-state index contributed by atoms with van der Waals surface area (Å²) < 4.78 is 11.4. The lowest BCUT2D eigenvalue weighted by Gasteiger charge is -2.55. The number of hydrogen-bond acceptors (Lipinski definition) is 4. The highest BCUT2D eigenvalue weighted by atomic mass is 16.5. The van der Waals surface area contributed by atoms with Crippen LogP contribution in [-0.2, 0) is 4.74 Å². The number of amides is 1. The van der Waals surface area contributed by atoms with Gasteiger partial charge < -0.3 is 19.9 Å². The second-order valence-corrected chi connectivity index (χ2v) is 7.68. The maximum absolute atomic E-state index is 12.7. The van der Waals surface area contributed by atoms with Crippen LogP contribution in [0.3, 0.4) is 0 Å². The topological polar surface area (TPSA) is 67.8 Å². The van der Waals surface area contributed by atoms with Crippen molar-refractivity contribution < 1.29 is 19.4 Å². The van der Waals surface area contributed by atoms with E-state index in [0.717, 1.165) is 31.4 Å². The summed E-state index contributed by atoms with van der Waals surface area (Å²) in [6.07, 6.45) is 6.84. The van der Waals surface area contributed by atoms with E-state index in [4.69, 9.17) is 9.47 Å². The number of aliphatic hydroxyl groups is 1. The van der Waals surface area contributed by atoms with Crippen LogP contribution >= 0.6 is 0 Å². The summed E-state index contributed by atoms with van der Waals surface area (Å²) >= 11 is 0. The third-order valence-electron chi connectivity index (χ3n) is 6.25. The summed E-state index contributed by atoms with van der Waals surface area (Å²) in [5, 5.41) is 13.4. The molecule has 3 fully saturated rings. The number of rotatable bonds is 4. The zero-order chi connectivity index (χ0) is 17.3. The monoisotopic (exact) mass is 345 g/mol. The Hall–Kier alpha value is -1.59. The molecule has 5 nitrogen and oxygen atoms in total. The Morgan fingerprint density at radius 3 is 2.72 bits per heavy atom. The Balaban J connectivity index is 1.41. The number of carbonyl (C=O) groups is 1. The molecule has 4 rings (SSSR count). The third kappa shape index (κ3) is 3.27. The highest BCUT2D eigenvalue weighted by Crippen LogP contribution is 2.49. The minimum Gasteiger partial charge on any atom is -0.490 e. The summed E-state index contributed by atoms with van der Waals surface area (Å²) in [6, 6.07) is 7.47. The second kappa shape index (κ2) is 6.96. The zero-order valence-corrected chi connectivity index (χ0v) is 14.6. The number of nitrogens with one attached hydrogen (secondary N) is 1. The van der Waals surface area contributed by atoms with Gasteiger partial charge in [0, 0.05) is 30.2 Å². The van der Waals surface area contributed by atoms with Crippen molar-refractivity contribution in [1.82, 2.24) is 5.32 Å². The molecule has 1 heterocycles. The first-order chi connectivity index (χ1) is 12.2. The van der Waals surface area contributed by atoms with Crippen molar-refractivity contribution in [2.45, 2.75) is 63.2 Å². The normalized spacial score (nSPS) is 28.5. The van der Waals surface area contributed by atoms with E-state index in [1.54, 1.807) is 0 Å². The van der Waals surface area contributed by atoms with Crippen LogP contribution < -0.4 is 10.1 Å². The predicted molar refractivity (Wildman–Crippen MR) is 93.7 cm³/mol. The molecule has 1 aliphatic heterocycles. The number of aliphatic hydroxyl groups excluding tert-OH is 1. The van der Waals surface area contributed by atoms with Crippen molar-refractivity contribution >= 4 is 5.91 Å². The largest absolute Gasteiger partial charge is 0.490 e. The molecule has 1 amide bonds. The van der Waals surface area contributed by atoms with Gasteiger partial charge in [-0.25, -0.2) is 0 Å². The first-order valence-corrected chi connectivity index (χ1v) is 9.51. The van der Waals surface area contributed by atoms with Crippen LogP contribution in [0.25, 0.3) is 0 Å². The molecule has 0 bridgehead atoms. The highest BCUT2D eigenvalue weighted by molar-refractivity contribution is 5.94. The van der Waals surface area contributed by atoms with E-state index in [-0.39, 0.29) is 29.6 Å². The van der Waals surface area contributed by atoms with Gasteiger partial charge in [0.1, 0.15) is 5.75 Å². The zero-order valence-electron chi connectivity index (χ0n) is 14.6. The maximum Gasteiger partial charge on any atom is 0.251 e. The average molecular weight is 345 g/mol. The van der Waals surface area contributed by atoms with Crippen LogP contribution in [0.15, 0.2) is 24.3 Å². The van der Waals surface area contributed by atoms with Crippen molar-refractivity contribution in [2.75, 3.05) is 13.2 Å². The number of hydrogen-bond donors (Lipinski definition) is 2. The molecular weight excluding hydrogens is 318 g/mol. The maximum atomic E-state index is 12.7. The average Bonchev–Trinajstić information content (AvgIpc) is 3.15. The van der Waals surface area contributed by atoms with E-state index >= 15 is 0 Å². The molecule has 5 heteroatoms. The van der Waals surface area contributed by atoms with Gasteiger partial charge >= 0.3 is 0 Å². The van der Waals surface area contributed by atoms with Gasteiger partial charge in [0.15, 0.2) is 0 Å².